The van der Waals surface area contributed by atoms with Gasteiger partial charge in [0.2, 0.25) is 0 Å². The molecule has 0 aliphatic carbocycles. The minimum Gasteiger partial charge on any atom is -0.508 e. The van der Waals surface area contributed by atoms with Crippen LogP contribution < -0.4 is 4.90 Å². The Morgan fingerprint density at radius 1 is 0.950 bits per heavy atom. The van der Waals surface area contributed by atoms with E-state index in [0.29, 0.717) is 5.56 Å². The van der Waals surface area contributed by atoms with Crippen LogP contribution in [0.1, 0.15) is 22.1 Å². The second-order valence-electron chi connectivity index (χ2n) is 5.01. The molecule has 20 heavy (non-hydrogen) atoms. The maximum atomic E-state index is 12.5. The number of fused-ring (bicyclic) bond motifs is 1. The van der Waals surface area contributed by atoms with Crippen molar-refractivity contribution in [2.45, 2.75) is 6.17 Å². The number of anilines is 1. The molecule has 102 valence electrons. The maximum Gasteiger partial charge on any atom is 0.257 e. The second-order valence-corrected chi connectivity index (χ2v) is 5.01. The van der Waals surface area contributed by atoms with Crippen LogP contribution in [0.25, 0.3) is 0 Å². The molecule has 0 saturated heterocycles. The first-order valence-corrected chi connectivity index (χ1v) is 6.47. The first-order valence-electron chi connectivity index (χ1n) is 6.47. The molecular weight excluding hydrogens is 252 g/mol. The van der Waals surface area contributed by atoms with Crippen LogP contribution >= 0.6 is 0 Å². The van der Waals surface area contributed by atoms with E-state index in [2.05, 4.69) is 4.90 Å². The van der Waals surface area contributed by atoms with Crippen molar-refractivity contribution in [3.63, 3.8) is 0 Å². The van der Waals surface area contributed by atoms with Crippen molar-refractivity contribution >= 4 is 11.6 Å². The minimum atomic E-state index is -0.169. The number of rotatable bonds is 1. The number of amides is 1. The molecule has 0 unspecified atom stereocenters. The Morgan fingerprint density at radius 2 is 1.60 bits per heavy atom. The van der Waals surface area contributed by atoms with Crippen molar-refractivity contribution in [1.82, 2.24) is 4.90 Å². The molecule has 4 nitrogen and oxygen atoms in total. The standard InChI is InChI=1S/C16H16N2O2/c1-17-14-6-4-3-5-13(14)16(20)18(2)15(17)11-7-9-12(19)10-8-11/h3-10,15,19H,1-2H3/t15-/m1/s1. The minimum absolute atomic E-state index is 0.0109. The Kier molecular flexibility index (Phi) is 2.86. The van der Waals surface area contributed by atoms with E-state index in [1.54, 1.807) is 24.1 Å². The number of para-hydroxylation sites is 1. The molecule has 1 heterocycles. The quantitative estimate of drug-likeness (QED) is 0.864. The summed E-state index contributed by atoms with van der Waals surface area (Å²) in [4.78, 5) is 16.3. The van der Waals surface area contributed by atoms with Crippen LogP contribution in [0.2, 0.25) is 0 Å². The second kappa shape index (κ2) is 4.56. The Labute approximate surface area is 117 Å². The smallest absolute Gasteiger partial charge is 0.257 e. The van der Waals surface area contributed by atoms with Crippen molar-refractivity contribution in [2.24, 2.45) is 0 Å². The Bertz CT molecular complexity index is 652. The van der Waals surface area contributed by atoms with Crippen molar-refractivity contribution in [3.05, 3.63) is 59.7 Å². The summed E-state index contributed by atoms with van der Waals surface area (Å²) >= 11 is 0. The SMILES string of the molecule is CN1C(=O)c2ccccc2N(C)[C@H]1c1ccc(O)cc1. The van der Waals surface area contributed by atoms with Crippen LogP contribution in [0.4, 0.5) is 5.69 Å². The molecule has 3 rings (SSSR count). The number of nitrogens with zero attached hydrogens (tertiary/aromatic N) is 2. The number of benzene rings is 2. The van der Waals surface area contributed by atoms with Gasteiger partial charge in [-0.2, -0.15) is 0 Å². The molecule has 0 spiro atoms. The zero-order valence-corrected chi connectivity index (χ0v) is 11.4. The van der Waals surface area contributed by atoms with Gasteiger partial charge in [0.15, 0.2) is 0 Å². The lowest BCUT2D eigenvalue weighted by molar-refractivity contribution is 0.0711. The van der Waals surface area contributed by atoms with Gasteiger partial charge in [0, 0.05) is 14.1 Å². The maximum absolute atomic E-state index is 12.5. The van der Waals surface area contributed by atoms with E-state index >= 15 is 0 Å². The highest BCUT2D eigenvalue weighted by atomic mass is 16.3. The molecule has 0 radical (unpaired) electrons. The van der Waals surface area contributed by atoms with Crippen LogP contribution in [0.3, 0.4) is 0 Å². The van der Waals surface area contributed by atoms with Gasteiger partial charge >= 0.3 is 0 Å². The molecule has 4 heteroatoms. The summed E-state index contributed by atoms with van der Waals surface area (Å²) in [5.74, 6) is 0.235. The number of carbonyl (C=O) groups is 1. The number of phenols is 1. The fourth-order valence-corrected chi connectivity index (χ4v) is 2.75. The molecule has 1 amide bonds. The van der Waals surface area contributed by atoms with Crippen LogP contribution in [-0.2, 0) is 0 Å². The summed E-state index contributed by atoms with van der Waals surface area (Å²) in [5, 5.41) is 9.40. The molecule has 2 aromatic rings. The van der Waals surface area contributed by atoms with E-state index in [0.717, 1.165) is 11.3 Å². The molecular formula is C16H16N2O2. The van der Waals surface area contributed by atoms with Gasteiger partial charge in [-0.25, -0.2) is 0 Å². The summed E-state index contributed by atoms with van der Waals surface area (Å²) in [6, 6.07) is 14.6. The molecule has 1 aliphatic heterocycles. The van der Waals surface area contributed by atoms with Gasteiger partial charge < -0.3 is 14.9 Å². The van der Waals surface area contributed by atoms with E-state index < -0.39 is 0 Å². The lowest BCUT2D eigenvalue weighted by atomic mass is 10.0. The molecule has 0 bridgehead atoms. The molecule has 1 atom stereocenters. The number of hydrogen-bond acceptors (Lipinski definition) is 3. The van der Waals surface area contributed by atoms with Crippen LogP contribution in [0.15, 0.2) is 48.5 Å². The fraction of sp³-hybridized carbons (Fsp3) is 0.188. The average molecular weight is 268 g/mol. The zero-order valence-electron chi connectivity index (χ0n) is 11.4. The highest BCUT2D eigenvalue weighted by Crippen LogP contribution is 2.36. The van der Waals surface area contributed by atoms with Gasteiger partial charge in [-0.3, -0.25) is 4.79 Å². The first kappa shape index (κ1) is 12.5. The summed E-state index contributed by atoms with van der Waals surface area (Å²) in [6.07, 6.45) is -0.169. The number of carbonyl (C=O) groups excluding carboxylic acids is 1. The fourth-order valence-electron chi connectivity index (χ4n) is 2.75. The molecule has 0 aromatic heterocycles. The summed E-state index contributed by atoms with van der Waals surface area (Å²) in [7, 11) is 3.77. The predicted octanol–water partition coefficient (Wildman–Crippen LogP) is 2.61. The topological polar surface area (TPSA) is 43.8 Å². The van der Waals surface area contributed by atoms with Crippen molar-refractivity contribution in [1.29, 1.82) is 0 Å². The number of phenolic OH excluding ortho intramolecular Hbond substituents is 1. The number of aromatic hydroxyl groups is 1. The Hall–Kier alpha value is -2.49. The van der Waals surface area contributed by atoms with Crippen LogP contribution in [0.5, 0.6) is 5.75 Å². The van der Waals surface area contributed by atoms with Gasteiger partial charge in [-0.15, -0.1) is 0 Å². The molecule has 1 aliphatic rings. The van der Waals surface area contributed by atoms with Crippen LogP contribution in [-0.4, -0.2) is 30.0 Å². The lowest BCUT2D eigenvalue weighted by Gasteiger charge is -2.42. The highest BCUT2D eigenvalue weighted by Gasteiger charge is 2.33. The van der Waals surface area contributed by atoms with Gasteiger partial charge in [0.1, 0.15) is 11.9 Å². The third kappa shape index (κ3) is 1.81. The van der Waals surface area contributed by atoms with Crippen molar-refractivity contribution in [2.75, 3.05) is 19.0 Å². The van der Waals surface area contributed by atoms with Gasteiger partial charge in [-0.1, -0.05) is 24.3 Å². The molecule has 0 saturated carbocycles. The van der Waals surface area contributed by atoms with Crippen molar-refractivity contribution < 1.29 is 9.90 Å². The Morgan fingerprint density at radius 3 is 2.30 bits per heavy atom. The third-order valence-corrected chi connectivity index (χ3v) is 3.76. The van der Waals surface area contributed by atoms with E-state index in [1.165, 1.54) is 0 Å². The summed E-state index contributed by atoms with van der Waals surface area (Å²) in [5.41, 5.74) is 2.61. The van der Waals surface area contributed by atoms with Gasteiger partial charge in [0.25, 0.3) is 5.91 Å². The van der Waals surface area contributed by atoms with E-state index in [4.69, 9.17) is 0 Å². The lowest BCUT2D eigenvalue weighted by Crippen LogP contribution is -2.45. The summed E-state index contributed by atoms with van der Waals surface area (Å²) in [6.45, 7) is 0. The van der Waals surface area contributed by atoms with Crippen molar-refractivity contribution in [3.8, 4) is 5.75 Å². The van der Waals surface area contributed by atoms with E-state index in [9.17, 15) is 9.90 Å². The normalized spacial score (nSPS) is 18.1. The van der Waals surface area contributed by atoms with E-state index in [1.807, 2.05) is 43.4 Å². The highest BCUT2D eigenvalue weighted by molar-refractivity contribution is 6.01. The van der Waals surface area contributed by atoms with Gasteiger partial charge in [-0.05, 0) is 29.8 Å². The summed E-state index contributed by atoms with van der Waals surface area (Å²) < 4.78 is 0. The van der Waals surface area contributed by atoms with Gasteiger partial charge in [0.05, 0.1) is 11.3 Å². The molecule has 1 N–H and O–H groups in total. The first-order chi connectivity index (χ1) is 9.59. The largest absolute Gasteiger partial charge is 0.508 e. The monoisotopic (exact) mass is 268 g/mol. The number of hydrogen-bond donors (Lipinski definition) is 1. The predicted molar refractivity (Wildman–Crippen MR) is 77.8 cm³/mol. The molecule has 0 fully saturated rings. The van der Waals surface area contributed by atoms with Crippen LogP contribution in [0, 0.1) is 0 Å². The molecule has 2 aromatic carbocycles. The average Bonchev–Trinajstić information content (AvgIpc) is 2.47. The Balaban J connectivity index is 2.09. The zero-order chi connectivity index (χ0) is 14.3. The van der Waals surface area contributed by atoms with E-state index in [-0.39, 0.29) is 17.8 Å². The third-order valence-electron chi connectivity index (χ3n) is 3.76.